The lowest BCUT2D eigenvalue weighted by molar-refractivity contribution is -0.00616. The molecule has 3 aromatic heterocycles. The first-order chi connectivity index (χ1) is 14.1. The van der Waals surface area contributed by atoms with E-state index in [2.05, 4.69) is 10.1 Å². The number of fused-ring (bicyclic) bond motifs is 2. The van der Waals surface area contributed by atoms with Crippen LogP contribution in [0.15, 0.2) is 47.4 Å². The number of rotatable bonds is 3. The van der Waals surface area contributed by atoms with E-state index in [-0.39, 0.29) is 11.8 Å². The number of carbonyl (C=O) groups excluding carboxylic acids is 2. The number of aromatic nitrogens is 3. The van der Waals surface area contributed by atoms with Crippen LogP contribution >= 0.6 is 0 Å². The molecule has 1 fully saturated rings. The molecule has 9 nitrogen and oxygen atoms in total. The summed E-state index contributed by atoms with van der Waals surface area (Å²) >= 11 is 0. The zero-order chi connectivity index (χ0) is 20.2. The zero-order valence-electron chi connectivity index (χ0n) is 16.0. The van der Waals surface area contributed by atoms with E-state index in [0.717, 1.165) is 5.56 Å². The third-order valence-electron chi connectivity index (χ3n) is 5.76. The maximum atomic E-state index is 13.5. The van der Waals surface area contributed by atoms with Crippen molar-refractivity contribution in [2.45, 2.75) is 19.1 Å². The van der Waals surface area contributed by atoms with E-state index in [1.54, 1.807) is 42.2 Å². The van der Waals surface area contributed by atoms with Gasteiger partial charge in [0.25, 0.3) is 11.8 Å². The van der Waals surface area contributed by atoms with Gasteiger partial charge in [-0.2, -0.15) is 0 Å². The topological polar surface area (TPSA) is 93.7 Å². The number of carbonyl (C=O) groups is 2. The van der Waals surface area contributed by atoms with E-state index in [4.69, 9.17) is 9.26 Å². The molecule has 3 aromatic rings. The van der Waals surface area contributed by atoms with Crippen LogP contribution in [0.3, 0.4) is 0 Å². The number of hydrogen-bond donors (Lipinski definition) is 0. The fraction of sp³-hybridized carbons (Fsp3) is 0.300. The van der Waals surface area contributed by atoms with Gasteiger partial charge in [0.2, 0.25) is 5.88 Å². The molecular formula is C20H19N5O4. The molecule has 0 aliphatic carbocycles. The lowest BCUT2D eigenvalue weighted by atomic mass is 9.95. The fourth-order valence-electron chi connectivity index (χ4n) is 4.33. The molecule has 2 aliphatic rings. The molecule has 5 rings (SSSR count). The van der Waals surface area contributed by atoms with Crippen molar-refractivity contribution < 1.29 is 18.8 Å². The first kappa shape index (κ1) is 17.5. The van der Waals surface area contributed by atoms with Gasteiger partial charge >= 0.3 is 0 Å². The summed E-state index contributed by atoms with van der Waals surface area (Å²) in [5.41, 5.74) is 1.26. The van der Waals surface area contributed by atoms with Gasteiger partial charge in [-0.3, -0.25) is 9.59 Å². The Bertz CT molecular complexity index is 1100. The zero-order valence-corrected chi connectivity index (χ0v) is 16.0. The number of pyridine rings is 1. The molecule has 1 unspecified atom stereocenters. The van der Waals surface area contributed by atoms with E-state index in [0.29, 0.717) is 42.5 Å². The summed E-state index contributed by atoms with van der Waals surface area (Å²) in [5.74, 6) is 0.117. The van der Waals surface area contributed by atoms with Crippen LogP contribution in [0, 0.1) is 6.92 Å². The van der Waals surface area contributed by atoms with E-state index in [9.17, 15) is 9.59 Å². The predicted molar refractivity (Wildman–Crippen MR) is 100 cm³/mol. The molecule has 148 valence electrons. The number of methoxy groups -OCH3 is 1. The number of nitrogens with zero attached hydrogens (tertiary/aromatic N) is 5. The predicted octanol–water partition coefficient (Wildman–Crippen LogP) is 1.65. The average molecular weight is 393 g/mol. The van der Waals surface area contributed by atoms with Crippen molar-refractivity contribution in [3.8, 4) is 5.88 Å². The summed E-state index contributed by atoms with van der Waals surface area (Å²) < 4.78 is 12.0. The first-order valence-electron chi connectivity index (χ1n) is 9.27. The molecule has 0 aromatic carbocycles. The van der Waals surface area contributed by atoms with Crippen molar-refractivity contribution in [3.05, 3.63) is 65.4 Å². The molecule has 0 saturated carbocycles. The van der Waals surface area contributed by atoms with Crippen molar-refractivity contribution in [2.24, 2.45) is 0 Å². The minimum atomic E-state index is -0.997. The van der Waals surface area contributed by atoms with Gasteiger partial charge in [0.05, 0.1) is 19.3 Å². The van der Waals surface area contributed by atoms with Crippen molar-refractivity contribution in [3.63, 3.8) is 0 Å². The van der Waals surface area contributed by atoms with Crippen LogP contribution in [-0.4, -0.2) is 56.5 Å². The Morgan fingerprint density at radius 3 is 2.83 bits per heavy atom. The minimum Gasteiger partial charge on any atom is -0.481 e. The minimum absolute atomic E-state index is 0.116. The molecule has 1 atom stereocenters. The van der Waals surface area contributed by atoms with Crippen molar-refractivity contribution in [1.82, 2.24) is 24.5 Å². The largest absolute Gasteiger partial charge is 0.481 e. The molecule has 5 heterocycles. The van der Waals surface area contributed by atoms with Crippen molar-refractivity contribution in [1.29, 1.82) is 0 Å². The highest BCUT2D eigenvalue weighted by atomic mass is 16.5. The second kappa shape index (κ2) is 6.20. The molecule has 29 heavy (non-hydrogen) atoms. The SMILES string of the molecule is COc1ccc(C23Cn4cccc4C(=O)N2CCN3C(=O)c2conc2C)cn1. The van der Waals surface area contributed by atoms with Crippen LogP contribution in [0.1, 0.15) is 32.1 Å². The molecule has 0 radical (unpaired) electrons. The monoisotopic (exact) mass is 393 g/mol. The summed E-state index contributed by atoms with van der Waals surface area (Å²) in [6.45, 7) is 2.95. The summed E-state index contributed by atoms with van der Waals surface area (Å²) in [7, 11) is 1.54. The second-order valence-electron chi connectivity index (χ2n) is 7.15. The molecule has 2 aliphatic heterocycles. The Labute approximate surface area is 166 Å². The standard InChI is InChI=1S/C20H19N5O4/c1-13-15(11-29-22-13)18(26)24-8-9-25-19(27)16-4-3-7-23(16)12-20(24,25)14-5-6-17(28-2)21-10-14/h3-7,10-11H,8-9,12H2,1-2H3. The Balaban J connectivity index is 1.69. The molecule has 0 spiro atoms. The molecule has 9 heteroatoms. The maximum Gasteiger partial charge on any atom is 0.272 e. The molecular weight excluding hydrogens is 374 g/mol. The van der Waals surface area contributed by atoms with Crippen molar-refractivity contribution in [2.75, 3.05) is 20.2 Å². The van der Waals surface area contributed by atoms with E-state index in [1.807, 2.05) is 22.9 Å². The maximum absolute atomic E-state index is 13.5. The van der Waals surface area contributed by atoms with Crippen LogP contribution in [-0.2, 0) is 12.2 Å². The van der Waals surface area contributed by atoms with Crippen LogP contribution in [0.25, 0.3) is 0 Å². The van der Waals surface area contributed by atoms with Crippen LogP contribution in [0.2, 0.25) is 0 Å². The summed E-state index contributed by atoms with van der Waals surface area (Å²) in [4.78, 5) is 34.6. The van der Waals surface area contributed by atoms with Gasteiger partial charge in [-0.05, 0) is 25.1 Å². The van der Waals surface area contributed by atoms with Gasteiger partial charge in [-0.15, -0.1) is 0 Å². The van der Waals surface area contributed by atoms with Gasteiger partial charge in [0.15, 0.2) is 5.66 Å². The van der Waals surface area contributed by atoms with Crippen LogP contribution < -0.4 is 4.74 Å². The number of amides is 2. The van der Waals surface area contributed by atoms with E-state index in [1.165, 1.54) is 6.26 Å². The summed E-state index contributed by atoms with van der Waals surface area (Å²) in [6.07, 6.45) is 4.88. The first-order valence-corrected chi connectivity index (χ1v) is 9.27. The number of ether oxygens (including phenoxy) is 1. The molecule has 2 amide bonds. The van der Waals surface area contributed by atoms with Gasteiger partial charge in [-0.1, -0.05) is 5.16 Å². The fourth-order valence-corrected chi connectivity index (χ4v) is 4.33. The van der Waals surface area contributed by atoms with Crippen molar-refractivity contribution >= 4 is 11.8 Å². The highest BCUT2D eigenvalue weighted by Gasteiger charge is 2.56. The smallest absolute Gasteiger partial charge is 0.272 e. The highest BCUT2D eigenvalue weighted by Crippen LogP contribution is 2.43. The van der Waals surface area contributed by atoms with Crippen LogP contribution in [0.5, 0.6) is 5.88 Å². The van der Waals surface area contributed by atoms with Gasteiger partial charge < -0.3 is 23.6 Å². The Morgan fingerprint density at radius 2 is 2.14 bits per heavy atom. The van der Waals surface area contributed by atoms with Gasteiger partial charge in [0.1, 0.15) is 17.5 Å². The second-order valence-corrected chi connectivity index (χ2v) is 7.15. The molecule has 1 saturated heterocycles. The van der Waals surface area contributed by atoms with Gasteiger partial charge in [-0.25, -0.2) is 4.98 Å². The van der Waals surface area contributed by atoms with E-state index >= 15 is 0 Å². The Morgan fingerprint density at radius 1 is 1.28 bits per heavy atom. The molecule has 0 N–H and O–H groups in total. The summed E-state index contributed by atoms with van der Waals surface area (Å²) in [6, 6.07) is 7.23. The Kier molecular flexibility index (Phi) is 3.73. The highest BCUT2D eigenvalue weighted by molar-refractivity contribution is 5.98. The third-order valence-corrected chi connectivity index (χ3v) is 5.76. The normalized spacial score (nSPS) is 20.6. The third kappa shape index (κ3) is 2.33. The lowest BCUT2D eigenvalue weighted by Crippen LogP contribution is -2.60. The molecule has 0 bridgehead atoms. The van der Waals surface area contributed by atoms with Crippen LogP contribution in [0.4, 0.5) is 0 Å². The quantitative estimate of drug-likeness (QED) is 0.672. The van der Waals surface area contributed by atoms with Gasteiger partial charge in [0, 0.05) is 37.1 Å². The lowest BCUT2D eigenvalue weighted by Gasteiger charge is -2.47. The van der Waals surface area contributed by atoms with E-state index < -0.39 is 5.66 Å². The summed E-state index contributed by atoms with van der Waals surface area (Å²) in [5, 5.41) is 3.84. The number of aryl methyl sites for hydroxylation is 1. The average Bonchev–Trinajstić information content (AvgIpc) is 3.46. The Hall–Kier alpha value is -3.62. The number of hydrogen-bond acceptors (Lipinski definition) is 6.